The van der Waals surface area contributed by atoms with Crippen molar-refractivity contribution in [1.29, 1.82) is 0 Å². The van der Waals surface area contributed by atoms with Crippen LogP contribution in [0.25, 0.3) is 0 Å². The van der Waals surface area contributed by atoms with Crippen LogP contribution in [-0.2, 0) is 13.1 Å². The maximum atomic E-state index is 4.75. The molecule has 20 heavy (non-hydrogen) atoms. The van der Waals surface area contributed by atoms with E-state index in [9.17, 15) is 0 Å². The number of piperidine rings is 1. The number of nitrogens with zero attached hydrogens (tertiary/aromatic N) is 3. The minimum Gasteiger partial charge on any atom is -0.311 e. The largest absolute Gasteiger partial charge is 0.311 e. The molecule has 4 nitrogen and oxygen atoms in total. The van der Waals surface area contributed by atoms with E-state index in [1.807, 2.05) is 0 Å². The van der Waals surface area contributed by atoms with Crippen molar-refractivity contribution in [2.75, 3.05) is 33.7 Å². The standard InChI is InChI=1S/C16H28N4/c1-4-17-12-14-6-5-7-15(18-14)13-20(3)16-8-10-19(2)11-9-16/h5-7,16-17H,4,8-13H2,1-3H3. The van der Waals surface area contributed by atoms with E-state index in [1.54, 1.807) is 0 Å². The molecular weight excluding hydrogens is 248 g/mol. The molecule has 1 aromatic rings. The number of hydrogen-bond acceptors (Lipinski definition) is 4. The van der Waals surface area contributed by atoms with Gasteiger partial charge in [-0.15, -0.1) is 0 Å². The summed E-state index contributed by atoms with van der Waals surface area (Å²) in [6.07, 6.45) is 2.54. The van der Waals surface area contributed by atoms with Gasteiger partial charge in [-0.25, -0.2) is 0 Å². The second-order valence-electron chi connectivity index (χ2n) is 5.85. The molecule has 0 saturated carbocycles. The van der Waals surface area contributed by atoms with Crippen molar-refractivity contribution in [3.8, 4) is 0 Å². The summed E-state index contributed by atoms with van der Waals surface area (Å²) in [6.45, 7) is 7.35. The Balaban J connectivity index is 1.88. The molecule has 1 aliphatic heterocycles. The molecule has 1 N–H and O–H groups in total. The summed E-state index contributed by atoms with van der Waals surface area (Å²) in [4.78, 5) is 9.63. The second kappa shape index (κ2) is 7.72. The van der Waals surface area contributed by atoms with Gasteiger partial charge >= 0.3 is 0 Å². The van der Waals surface area contributed by atoms with Crippen molar-refractivity contribution in [1.82, 2.24) is 20.1 Å². The Morgan fingerprint density at radius 3 is 2.70 bits per heavy atom. The maximum absolute atomic E-state index is 4.75. The molecule has 1 fully saturated rings. The minimum atomic E-state index is 0.699. The third-order valence-electron chi connectivity index (χ3n) is 4.14. The van der Waals surface area contributed by atoms with E-state index in [0.717, 1.165) is 25.3 Å². The average molecular weight is 276 g/mol. The molecule has 0 spiro atoms. The molecule has 1 saturated heterocycles. The van der Waals surface area contributed by atoms with Gasteiger partial charge in [-0.3, -0.25) is 9.88 Å². The van der Waals surface area contributed by atoms with E-state index >= 15 is 0 Å². The van der Waals surface area contributed by atoms with E-state index in [1.165, 1.54) is 31.6 Å². The van der Waals surface area contributed by atoms with E-state index in [2.05, 4.69) is 54.3 Å². The molecule has 2 heterocycles. The highest BCUT2D eigenvalue weighted by molar-refractivity contribution is 5.11. The van der Waals surface area contributed by atoms with Crippen LogP contribution < -0.4 is 5.32 Å². The topological polar surface area (TPSA) is 31.4 Å². The zero-order valence-corrected chi connectivity index (χ0v) is 13.1. The van der Waals surface area contributed by atoms with Crippen LogP contribution in [0.4, 0.5) is 0 Å². The van der Waals surface area contributed by atoms with Crippen LogP contribution in [-0.4, -0.2) is 54.6 Å². The first kappa shape index (κ1) is 15.4. The Labute approximate surface area is 123 Å². The van der Waals surface area contributed by atoms with Gasteiger partial charge in [0.2, 0.25) is 0 Å². The van der Waals surface area contributed by atoms with Gasteiger partial charge in [-0.2, -0.15) is 0 Å². The van der Waals surface area contributed by atoms with Crippen LogP contribution in [0.5, 0.6) is 0 Å². The van der Waals surface area contributed by atoms with E-state index in [4.69, 9.17) is 4.98 Å². The fourth-order valence-corrected chi connectivity index (χ4v) is 2.79. The number of likely N-dealkylation sites (tertiary alicyclic amines) is 1. The fourth-order valence-electron chi connectivity index (χ4n) is 2.79. The lowest BCUT2D eigenvalue weighted by molar-refractivity contribution is 0.138. The summed E-state index contributed by atoms with van der Waals surface area (Å²) >= 11 is 0. The third kappa shape index (κ3) is 4.54. The molecule has 0 amide bonds. The van der Waals surface area contributed by atoms with Crippen LogP contribution in [0.15, 0.2) is 18.2 Å². The van der Waals surface area contributed by atoms with Crippen molar-refractivity contribution < 1.29 is 0 Å². The molecule has 0 radical (unpaired) electrons. The van der Waals surface area contributed by atoms with Crippen molar-refractivity contribution in [2.24, 2.45) is 0 Å². The van der Waals surface area contributed by atoms with Crippen LogP contribution in [0.2, 0.25) is 0 Å². The van der Waals surface area contributed by atoms with Gasteiger partial charge in [0, 0.05) is 19.1 Å². The molecule has 1 aromatic heterocycles. The van der Waals surface area contributed by atoms with Crippen molar-refractivity contribution in [3.63, 3.8) is 0 Å². The lowest BCUT2D eigenvalue weighted by Gasteiger charge is -2.35. The third-order valence-corrected chi connectivity index (χ3v) is 4.14. The number of rotatable bonds is 6. The smallest absolute Gasteiger partial charge is 0.0547 e. The Hall–Kier alpha value is -0.970. The highest BCUT2D eigenvalue weighted by Gasteiger charge is 2.20. The molecule has 1 aliphatic rings. The average Bonchev–Trinajstić information content (AvgIpc) is 2.46. The quantitative estimate of drug-likeness (QED) is 0.857. The summed E-state index contributed by atoms with van der Waals surface area (Å²) in [5.74, 6) is 0. The van der Waals surface area contributed by atoms with Crippen LogP contribution in [0.3, 0.4) is 0 Å². The molecule has 0 aromatic carbocycles. The predicted octanol–water partition coefficient (Wildman–Crippen LogP) is 1.72. The Kier molecular flexibility index (Phi) is 5.95. The fraction of sp³-hybridized carbons (Fsp3) is 0.688. The van der Waals surface area contributed by atoms with Crippen molar-refractivity contribution in [2.45, 2.75) is 38.9 Å². The first-order chi connectivity index (χ1) is 9.69. The molecule has 4 heteroatoms. The lowest BCUT2D eigenvalue weighted by atomic mass is 10.0. The van der Waals surface area contributed by atoms with Gasteiger partial charge in [0.25, 0.3) is 0 Å². The molecular formula is C16H28N4. The summed E-state index contributed by atoms with van der Waals surface area (Å²) < 4.78 is 0. The normalized spacial score (nSPS) is 17.8. The van der Waals surface area contributed by atoms with Gasteiger partial charge in [0.1, 0.15) is 0 Å². The number of pyridine rings is 1. The van der Waals surface area contributed by atoms with Gasteiger partial charge < -0.3 is 10.2 Å². The van der Waals surface area contributed by atoms with E-state index < -0.39 is 0 Å². The van der Waals surface area contributed by atoms with Crippen LogP contribution >= 0.6 is 0 Å². The zero-order valence-electron chi connectivity index (χ0n) is 13.1. The molecule has 2 rings (SSSR count). The van der Waals surface area contributed by atoms with E-state index in [-0.39, 0.29) is 0 Å². The summed E-state index contributed by atoms with van der Waals surface area (Å²) in [5, 5.41) is 3.33. The number of nitrogens with one attached hydrogen (secondary N) is 1. The molecule has 0 aliphatic carbocycles. The monoisotopic (exact) mass is 276 g/mol. The zero-order chi connectivity index (χ0) is 14.4. The highest BCUT2D eigenvalue weighted by Crippen LogP contribution is 2.16. The van der Waals surface area contributed by atoms with Crippen LogP contribution in [0, 0.1) is 0 Å². The van der Waals surface area contributed by atoms with Gasteiger partial charge in [0.15, 0.2) is 0 Å². The number of aromatic nitrogens is 1. The summed E-state index contributed by atoms with van der Waals surface area (Å²) in [7, 11) is 4.44. The molecule has 0 unspecified atom stereocenters. The van der Waals surface area contributed by atoms with Gasteiger partial charge in [-0.05, 0) is 58.7 Å². The highest BCUT2D eigenvalue weighted by atomic mass is 15.2. The minimum absolute atomic E-state index is 0.699. The molecule has 0 atom stereocenters. The lowest BCUT2D eigenvalue weighted by Crippen LogP contribution is -2.41. The van der Waals surface area contributed by atoms with Gasteiger partial charge in [0.05, 0.1) is 11.4 Å². The second-order valence-corrected chi connectivity index (χ2v) is 5.85. The molecule has 112 valence electrons. The van der Waals surface area contributed by atoms with Crippen molar-refractivity contribution in [3.05, 3.63) is 29.6 Å². The SMILES string of the molecule is CCNCc1cccc(CN(C)C2CCN(C)CC2)n1. The Morgan fingerprint density at radius 1 is 1.30 bits per heavy atom. The number of hydrogen-bond donors (Lipinski definition) is 1. The Bertz CT molecular complexity index is 399. The predicted molar refractivity (Wildman–Crippen MR) is 83.6 cm³/mol. The van der Waals surface area contributed by atoms with Crippen LogP contribution in [0.1, 0.15) is 31.2 Å². The Morgan fingerprint density at radius 2 is 2.00 bits per heavy atom. The van der Waals surface area contributed by atoms with Gasteiger partial charge in [-0.1, -0.05) is 13.0 Å². The van der Waals surface area contributed by atoms with E-state index in [0.29, 0.717) is 6.04 Å². The first-order valence-corrected chi connectivity index (χ1v) is 7.73. The van der Waals surface area contributed by atoms with Crippen molar-refractivity contribution >= 4 is 0 Å². The summed E-state index contributed by atoms with van der Waals surface area (Å²) in [5.41, 5.74) is 2.32. The first-order valence-electron chi connectivity index (χ1n) is 7.73. The maximum Gasteiger partial charge on any atom is 0.0547 e. The summed E-state index contributed by atoms with van der Waals surface area (Å²) in [6, 6.07) is 7.06. The molecule has 0 bridgehead atoms.